The largest absolute Gasteiger partial charge is 0.296 e. The molecule has 2 nitrogen and oxygen atoms in total. The smallest absolute Gasteiger partial charge is 0.114 e. The molecule has 8 aromatic carbocycles. The summed E-state index contributed by atoms with van der Waals surface area (Å²) in [5, 5.41) is -0.218. The van der Waals surface area contributed by atoms with Gasteiger partial charge in [0.25, 0.3) is 0 Å². The van der Waals surface area contributed by atoms with Crippen LogP contribution in [-0.4, -0.2) is 9.55 Å². The highest BCUT2D eigenvalue weighted by Gasteiger charge is 2.35. The molecule has 0 atom stereocenters. The van der Waals surface area contributed by atoms with Crippen molar-refractivity contribution < 1.29 is 19.2 Å². The zero-order valence-electron chi connectivity index (χ0n) is 42.1. The summed E-state index contributed by atoms with van der Waals surface area (Å²) in [5.41, 5.74) is 3.09. The van der Waals surface area contributed by atoms with Gasteiger partial charge in [-0.15, -0.1) is 0 Å². The van der Waals surface area contributed by atoms with Crippen molar-refractivity contribution in [3.63, 3.8) is 0 Å². The number of aromatic nitrogens is 2. The second-order valence-corrected chi connectivity index (χ2v) is 13.1. The highest BCUT2D eigenvalue weighted by atomic mass is 15.1. The van der Waals surface area contributed by atoms with Gasteiger partial charge in [-0.3, -0.25) is 4.57 Å². The van der Waals surface area contributed by atoms with Crippen LogP contribution in [0.1, 0.15) is 56.8 Å². The monoisotopic (exact) mass is 680 g/mol. The minimum absolute atomic E-state index is 0.0189. The summed E-state index contributed by atoms with van der Waals surface area (Å²) in [6.45, 7) is -4.19. The molecule has 0 fully saturated rings. The molecule has 52 heavy (non-hydrogen) atoms. The van der Waals surface area contributed by atoms with E-state index in [1.165, 1.54) is 12.1 Å². The number of aryl methyl sites for hydroxylation is 1. The molecule has 9 aromatic rings. The number of fused-ring (bicyclic) bond motifs is 6. The van der Waals surface area contributed by atoms with E-state index in [-0.39, 0.29) is 49.4 Å². The van der Waals surface area contributed by atoms with Crippen molar-refractivity contribution in [1.82, 2.24) is 9.55 Å². The van der Waals surface area contributed by atoms with E-state index in [9.17, 15) is 5.48 Å². The molecule has 248 valence electrons. The van der Waals surface area contributed by atoms with Gasteiger partial charge in [0.2, 0.25) is 0 Å². The number of hydrogen-bond donors (Lipinski definition) is 0. The van der Waals surface area contributed by atoms with Gasteiger partial charge in [-0.2, -0.15) is 0 Å². The average molecular weight is 681 g/mol. The van der Waals surface area contributed by atoms with Gasteiger partial charge in [0, 0.05) is 25.7 Å². The van der Waals surface area contributed by atoms with Gasteiger partial charge < -0.3 is 0 Å². The van der Waals surface area contributed by atoms with E-state index >= 15 is 0 Å². The fourth-order valence-corrected chi connectivity index (χ4v) is 7.92. The Morgan fingerprint density at radius 1 is 0.577 bits per heavy atom. The summed E-state index contributed by atoms with van der Waals surface area (Å²) in [6, 6.07) is 29.7. The van der Waals surface area contributed by atoms with Gasteiger partial charge in [-0.25, -0.2) is 4.98 Å². The highest BCUT2D eigenvalue weighted by molar-refractivity contribution is 6.21. The molecule has 0 radical (unpaired) electrons. The van der Waals surface area contributed by atoms with E-state index < -0.39 is 67.5 Å². The Kier molecular flexibility index (Phi) is 4.34. The first-order valence-electron chi connectivity index (χ1n) is 24.2. The van der Waals surface area contributed by atoms with Crippen LogP contribution in [0.25, 0.3) is 82.8 Å². The third-order valence-electron chi connectivity index (χ3n) is 10.2. The number of hydrogen-bond acceptors (Lipinski definition) is 1. The fourth-order valence-electron chi connectivity index (χ4n) is 7.92. The third-order valence-corrected chi connectivity index (χ3v) is 10.2. The van der Waals surface area contributed by atoms with Crippen LogP contribution in [0.4, 0.5) is 0 Å². The summed E-state index contributed by atoms with van der Waals surface area (Å²) >= 11 is 0. The second kappa shape index (κ2) is 11.6. The van der Waals surface area contributed by atoms with Crippen LogP contribution < -0.4 is 0 Å². The Morgan fingerprint density at radius 3 is 1.88 bits per heavy atom. The van der Waals surface area contributed by atoms with Gasteiger partial charge in [-0.1, -0.05) is 148 Å². The van der Waals surface area contributed by atoms with Crippen LogP contribution in [0.3, 0.4) is 0 Å². The fraction of sp³-hybridized carbons (Fsp3) is 0.100. The van der Waals surface area contributed by atoms with E-state index in [2.05, 4.69) is 4.57 Å². The molecular formula is C50H38N2. The van der Waals surface area contributed by atoms with E-state index in [4.69, 9.17) is 18.7 Å². The molecule has 2 heteroatoms. The highest BCUT2D eigenvalue weighted by Crippen LogP contribution is 2.51. The maximum atomic E-state index is 9.50. The van der Waals surface area contributed by atoms with Crippen molar-refractivity contribution in [2.75, 3.05) is 0 Å². The van der Waals surface area contributed by atoms with Crippen molar-refractivity contribution >= 4 is 32.6 Å². The molecule has 0 unspecified atom stereocenters. The van der Waals surface area contributed by atoms with E-state index in [0.717, 1.165) is 28.1 Å². The topological polar surface area (TPSA) is 17.8 Å². The lowest BCUT2D eigenvalue weighted by atomic mass is 9.80. The molecule has 0 saturated carbocycles. The lowest BCUT2D eigenvalue weighted by Crippen LogP contribution is -2.14. The van der Waals surface area contributed by atoms with Crippen LogP contribution in [0.2, 0.25) is 0 Å². The third kappa shape index (κ3) is 4.54. The molecule has 0 amide bonds. The summed E-state index contributed by atoms with van der Waals surface area (Å²) in [7, 11) is 0. The van der Waals surface area contributed by atoms with Crippen LogP contribution in [0.15, 0.2) is 164 Å². The number of nitrogens with zero attached hydrogens (tertiary/aromatic N) is 2. The first-order valence-corrected chi connectivity index (χ1v) is 17.2. The van der Waals surface area contributed by atoms with E-state index in [0.29, 0.717) is 28.7 Å². The Balaban J connectivity index is 1.30. The van der Waals surface area contributed by atoms with Crippen LogP contribution in [0, 0.1) is 0 Å². The first-order chi connectivity index (χ1) is 31.3. The summed E-state index contributed by atoms with van der Waals surface area (Å²) in [5.74, 6) is 0.874. The maximum Gasteiger partial charge on any atom is 0.114 e. The molecule has 1 aromatic heterocycles. The van der Waals surface area contributed by atoms with Gasteiger partial charge in [0.1, 0.15) is 5.82 Å². The standard InChI is InChI=1S/C50H38N2/c1-4-47-51-45-25-11-12-26-46(45)52(47)36-18-14-16-33(30-36)32-15-13-17-34(29-32)48-39-20-5-7-22-41(39)49(42-23-8-6-21-40(42)48)35-27-28-38-37-19-9-10-24-43(37)50(2,3)44(38)31-35/h5-31H,4H2,1-3H3/i2D3,3D3,5D,6D,7D,8D,20D,21D,22D,23D. The maximum absolute atomic E-state index is 9.50. The van der Waals surface area contributed by atoms with Crippen LogP contribution in [-0.2, 0) is 11.8 Å². The molecule has 0 saturated heterocycles. The van der Waals surface area contributed by atoms with E-state index in [1.807, 2.05) is 67.6 Å². The molecule has 1 aliphatic rings. The number of imidazole rings is 1. The van der Waals surface area contributed by atoms with E-state index in [1.54, 1.807) is 42.5 Å². The molecule has 0 aliphatic heterocycles. The van der Waals surface area contributed by atoms with Gasteiger partial charge >= 0.3 is 0 Å². The average Bonchev–Trinajstić information content (AvgIpc) is 3.84. The summed E-state index contributed by atoms with van der Waals surface area (Å²) in [6.07, 6.45) is 0.681. The molecule has 1 aliphatic carbocycles. The van der Waals surface area contributed by atoms with Gasteiger partial charge in [-0.05, 0) is 114 Å². The first kappa shape index (κ1) is 19.4. The van der Waals surface area contributed by atoms with Crippen LogP contribution in [0.5, 0.6) is 0 Å². The van der Waals surface area contributed by atoms with Gasteiger partial charge in [0.15, 0.2) is 0 Å². The SMILES string of the molecule is [2H]c1c([2H])c([2H])c2c(-c3ccc4c(c3)C(C([2H])([2H])[2H])(C([2H])([2H])[2H])c3ccccc3-4)c3c([2H])c([2H])c([2H])c([2H])c3c(-c3cccc(-c4cccc(-n5c(CC)nc6ccccc65)c4)c3)c2c1[2H]. The molecule has 0 bridgehead atoms. The Bertz CT molecular complexity index is 3450. The van der Waals surface area contributed by atoms with Crippen molar-refractivity contribution in [2.24, 2.45) is 0 Å². The minimum Gasteiger partial charge on any atom is -0.296 e. The van der Waals surface area contributed by atoms with Crippen LogP contribution >= 0.6 is 0 Å². The number of rotatable bonds is 5. The second-order valence-electron chi connectivity index (χ2n) is 13.1. The zero-order chi connectivity index (χ0) is 46.9. The molecule has 10 rings (SSSR count). The normalized spacial score (nSPS) is 17.5. The molecule has 0 N–H and O–H groups in total. The number of para-hydroxylation sites is 2. The quantitative estimate of drug-likeness (QED) is 0.165. The predicted molar refractivity (Wildman–Crippen MR) is 219 cm³/mol. The minimum atomic E-state index is -3.12. The lowest BCUT2D eigenvalue weighted by molar-refractivity contribution is 0.660. The predicted octanol–water partition coefficient (Wildman–Crippen LogP) is 13.2. The van der Waals surface area contributed by atoms with Crippen molar-refractivity contribution in [1.29, 1.82) is 0 Å². The molecule has 1 heterocycles. The summed E-state index contributed by atoms with van der Waals surface area (Å²) in [4.78, 5) is 4.85. The van der Waals surface area contributed by atoms with Gasteiger partial charge in [0.05, 0.1) is 22.0 Å². The zero-order valence-corrected chi connectivity index (χ0v) is 28.1. The van der Waals surface area contributed by atoms with Crippen molar-refractivity contribution in [3.05, 3.63) is 181 Å². The Morgan fingerprint density at radius 2 is 1.17 bits per heavy atom. The molecule has 0 spiro atoms. The Hall–Kier alpha value is -6.25. The number of benzene rings is 8. The summed E-state index contributed by atoms with van der Waals surface area (Å²) < 4.78 is 129. The van der Waals surface area contributed by atoms with Crippen molar-refractivity contribution in [3.8, 4) is 50.2 Å². The lowest BCUT2D eigenvalue weighted by Gasteiger charge is -2.23. The molecular weight excluding hydrogens is 629 g/mol. The van der Waals surface area contributed by atoms with Crippen molar-refractivity contribution in [2.45, 2.75) is 32.5 Å². The Labute approximate surface area is 324 Å².